The van der Waals surface area contributed by atoms with Gasteiger partial charge in [0.05, 0.1) is 5.01 Å². The van der Waals surface area contributed by atoms with Crippen molar-refractivity contribution < 1.29 is 4.79 Å². The van der Waals surface area contributed by atoms with Crippen LogP contribution in [0.2, 0.25) is 0 Å². The molecule has 0 saturated carbocycles. The lowest BCUT2D eigenvalue weighted by Gasteiger charge is -2.31. The number of carbonyl (C=O) groups is 1. The molecule has 5 nitrogen and oxygen atoms in total. The Morgan fingerprint density at radius 1 is 1.38 bits per heavy atom. The van der Waals surface area contributed by atoms with Gasteiger partial charge in [-0.25, -0.2) is 4.98 Å². The predicted octanol–water partition coefficient (Wildman–Crippen LogP) is 2.81. The average molecular weight is 373 g/mol. The van der Waals surface area contributed by atoms with Gasteiger partial charge in [-0.3, -0.25) is 9.69 Å². The first kappa shape index (κ1) is 19.0. The van der Waals surface area contributed by atoms with E-state index in [1.54, 1.807) is 5.38 Å². The maximum Gasteiger partial charge on any atom is 0.271 e. The van der Waals surface area contributed by atoms with Crippen LogP contribution in [0.25, 0.3) is 0 Å². The Balaban J connectivity index is 1.59. The Kier molecular flexibility index (Phi) is 6.77. The van der Waals surface area contributed by atoms with Gasteiger partial charge in [-0.2, -0.15) is 0 Å². The fraction of sp³-hybridized carbons (Fsp3) is 0.500. The molecule has 1 saturated heterocycles. The van der Waals surface area contributed by atoms with Crippen molar-refractivity contribution in [2.75, 3.05) is 19.6 Å². The van der Waals surface area contributed by atoms with Gasteiger partial charge in [0.1, 0.15) is 5.69 Å². The summed E-state index contributed by atoms with van der Waals surface area (Å²) in [5.41, 5.74) is 8.50. The summed E-state index contributed by atoms with van der Waals surface area (Å²) in [7, 11) is 0. The Labute approximate surface area is 159 Å². The number of aromatic nitrogens is 1. The fourth-order valence-electron chi connectivity index (χ4n) is 3.47. The number of hydrogen-bond acceptors (Lipinski definition) is 5. The largest absolute Gasteiger partial charge is 0.347 e. The molecule has 2 aromatic rings. The third-order valence-corrected chi connectivity index (χ3v) is 5.74. The van der Waals surface area contributed by atoms with E-state index in [-0.39, 0.29) is 5.91 Å². The van der Waals surface area contributed by atoms with Crippen LogP contribution in [-0.2, 0) is 19.5 Å². The molecule has 0 spiro atoms. The molecule has 1 fully saturated rings. The van der Waals surface area contributed by atoms with E-state index in [9.17, 15) is 4.79 Å². The monoisotopic (exact) mass is 372 g/mol. The molecule has 1 unspecified atom stereocenters. The van der Waals surface area contributed by atoms with Crippen molar-refractivity contribution >= 4 is 17.2 Å². The second kappa shape index (κ2) is 9.26. The molecule has 0 radical (unpaired) electrons. The molecule has 3 N–H and O–H groups in total. The van der Waals surface area contributed by atoms with Crippen LogP contribution < -0.4 is 11.1 Å². The van der Waals surface area contributed by atoms with Crippen molar-refractivity contribution in [3.8, 4) is 0 Å². The SMILES string of the molecule is CC1CCCN(Cc2ccccc2CNC(=O)c2csc(CCN)n2)C1. The third-order valence-electron chi connectivity index (χ3n) is 4.84. The fourth-order valence-corrected chi connectivity index (χ4v) is 4.27. The number of benzene rings is 1. The summed E-state index contributed by atoms with van der Waals surface area (Å²) in [5, 5.41) is 5.73. The van der Waals surface area contributed by atoms with E-state index in [1.165, 1.54) is 35.3 Å². The number of nitrogens with zero attached hydrogens (tertiary/aromatic N) is 2. The van der Waals surface area contributed by atoms with E-state index >= 15 is 0 Å². The number of amides is 1. The van der Waals surface area contributed by atoms with Crippen molar-refractivity contribution in [3.05, 3.63) is 51.5 Å². The molecule has 1 aliphatic heterocycles. The van der Waals surface area contributed by atoms with E-state index in [4.69, 9.17) is 5.73 Å². The van der Waals surface area contributed by atoms with Crippen LogP contribution >= 0.6 is 11.3 Å². The van der Waals surface area contributed by atoms with Gasteiger partial charge in [0.2, 0.25) is 0 Å². The minimum absolute atomic E-state index is 0.120. The topological polar surface area (TPSA) is 71.2 Å². The highest BCUT2D eigenvalue weighted by atomic mass is 32.1. The summed E-state index contributed by atoms with van der Waals surface area (Å²) in [6.45, 7) is 6.68. The molecule has 1 aromatic carbocycles. The Hall–Kier alpha value is -1.76. The molecule has 6 heteroatoms. The summed E-state index contributed by atoms with van der Waals surface area (Å²) in [6.07, 6.45) is 3.32. The number of nitrogens with one attached hydrogen (secondary N) is 1. The first-order chi connectivity index (χ1) is 12.7. The van der Waals surface area contributed by atoms with Gasteiger partial charge in [-0.1, -0.05) is 31.2 Å². The first-order valence-electron chi connectivity index (χ1n) is 9.37. The molecular weight excluding hydrogens is 344 g/mol. The van der Waals surface area contributed by atoms with Crippen molar-refractivity contribution in [2.45, 2.75) is 39.3 Å². The number of nitrogens with two attached hydrogens (primary N) is 1. The molecule has 1 atom stereocenters. The Morgan fingerprint density at radius 2 is 2.19 bits per heavy atom. The second-order valence-electron chi connectivity index (χ2n) is 7.10. The molecule has 0 bridgehead atoms. The third kappa shape index (κ3) is 5.13. The molecule has 1 amide bonds. The number of likely N-dealkylation sites (tertiary alicyclic amines) is 1. The lowest BCUT2D eigenvalue weighted by Crippen LogP contribution is -2.34. The summed E-state index contributed by atoms with van der Waals surface area (Å²) < 4.78 is 0. The average Bonchev–Trinajstić information content (AvgIpc) is 3.10. The first-order valence-corrected chi connectivity index (χ1v) is 10.3. The van der Waals surface area contributed by atoms with Crippen molar-refractivity contribution in [3.63, 3.8) is 0 Å². The van der Waals surface area contributed by atoms with Crippen LogP contribution in [0.5, 0.6) is 0 Å². The van der Waals surface area contributed by atoms with Gasteiger partial charge in [0, 0.05) is 31.4 Å². The highest BCUT2D eigenvalue weighted by Gasteiger charge is 2.17. The van der Waals surface area contributed by atoms with Gasteiger partial charge in [0.15, 0.2) is 0 Å². The molecule has 1 aliphatic rings. The molecule has 2 heterocycles. The number of piperidine rings is 1. The summed E-state index contributed by atoms with van der Waals surface area (Å²) >= 11 is 1.49. The molecule has 1 aromatic heterocycles. The van der Waals surface area contributed by atoms with E-state index in [2.05, 4.69) is 40.3 Å². The minimum atomic E-state index is -0.120. The maximum atomic E-state index is 12.4. The zero-order valence-electron chi connectivity index (χ0n) is 15.4. The molecule has 140 valence electrons. The minimum Gasteiger partial charge on any atom is -0.347 e. The van der Waals surface area contributed by atoms with Gasteiger partial charge in [-0.15, -0.1) is 11.3 Å². The number of rotatable bonds is 7. The number of carbonyl (C=O) groups excluding carboxylic acids is 1. The van der Waals surface area contributed by atoms with Crippen LogP contribution in [0.15, 0.2) is 29.6 Å². The summed E-state index contributed by atoms with van der Waals surface area (Å²) in [4.78, 5) is 19.2. The lowest BCUT2D eigenvalue weighted by molar-refractivity contribution is 0.0946. The maximum absolute atomic E-state index is 12.4. The van der Waals surface area contributed by atoms with Crippen molar-refractivity contribution in [1.29, 1.82) is 0 Å². The van der Waals surface area contributed by atoms with Crippen molar-refractivity contribution in [1.82, 2.24) is 15.2 Å². The highest BCUT2D eigenvalue weighted by molar-refractivity contribution is 7.09. The van der Waals surface area contributed by atoms with Crippen LogP contribution in [-0.4, -0.2) is 35.4 Å². The second-order valence-corrected chi connectivity index (χ2v) is 8.04. The molecular formula is C20H28N4OS. The van der Waals surface area contributed by atoms with E-state index in [1.807, 2.05) is 6.07 Å². The van der Waals surface area contributed by atoms with Crippen LogP contribution in [0.3, 0.4) is 0 Å². The van der Waals surface area contributed by atoms with Gasteiger partial charge in [-0.05, 0) is 43.0 Å². The number of thiazole rings is 1. The smallest absolute Gasteiger partial charge is 0.271 e. The highest BCUT2D eigenvalue weighted by Crippen LogP contribution is 2.19. The quantitative estimate of drug-likeness (QED) is 0.784. The van der Waals surface area contributed by atoms with E-state index < -0.39 is 0 Å². The van der Waals surface area contributed by atoms with Crippen LogP contribution in [0.1, 0.15) is 46.4 Å². The molecule has 3 rings (SSSR count). The van der Waals surface area contributed by atoms with E-state index in [0.29, 0.717) is 18.8 Å². The van der Waals surface area contributed by atoms with Gasteiger partial charge in [0.25, 0.3) is 5.91 Å². The number of hydrogen-bond donors (Lipinski definition) is 2. The van der Waals surface area contributed by atoms with Gasteiger partial charge >= 0.3 is 0 Å². The van der Waals surface area contributed by atoms with Gasteiger partial charge < -0.3 is 11.1 Å². The van der Waals surface area contributed by atoms with E-state index in [0.717, 1.165) is 37.0 Å². The standard InChI is InChI=1S/C20H28N4OS/c1-15-5-4-10-24(12-15)13-17-7-3-2-6-16(17)11-22-20(25)18-14-26-19(23-18)8-9-21/h2-3,6-7,14-15H,4-5,8-13,21H2,1H3,(H,22,25). The summed E-state index contributed by atoms with van der Waals surface area (Å²) in [5.74, 6) is 0.647. The molecule has 26 heavy (non-hydrogen) atoms. The van der Waals surface area contributed by atoms with Crippen LogP contribution in [0.4, 0.5) is 0 Å². The zero-order chi connectivity index (χ0) is 18.4. The normalized spacial score (nSPS) is 18.0. The Morgan fingerprint density at radius 3 is 2.96 bits per heavy atom. The zero-order valence-corrected chi connectivity index (χ0v) is 16.2. The molecule has 0 aliphatic carbocycles. The lowest BCUT2D eigenvalue weighted by atomic mass is 9.99. The predicted molar refractivity (Wildman–Crippen MR) is 106 cm³/mol. The Bertz CT molecular complexity index is 730. The summed E-state index contributed by atoms with van der Waals surface area (Å²) in [6, 6.07) is 8.38. The van der Waals surface area contributed by atoms with Crippen LogP contribution in [0, 0.1) is 5.92 Å². The van der Waals surface area contributed by atoms with Crippen molar-refractivity contribution in [2.24, 2.45) is 11.7 Å².